The van der Waals surface area contributed by atoms with Crippen LogP contribution in [0.2, 0.25) is 0 Å². The summed E-state index contributed by atoms with van der Waals surface area (Å²) in [5.41, 5.74) is 0.867. The first-order valence-corrected chi connectivity index (χ1v) is 8.76. The number of rotatable bonds is 10. The summed E-state index contributed by atoms with van der Waals surface area (Å²) < 4.78 is 11.1. The lowest BCUT2D eigenvalue weighted by Gasteiger charge is -2.20. The van der Waals surface area contributed by atoms with Crippen LogP contribution >= 0.6 is 0 Å². The number of amides is 2. The maximum absolute atomic E-state index is 12.1. The summed E-state index contributed by atoms with van der Waals surface area (Å²) in [6.45, 7) is 6.92. The third-order valence-corrected chi connectivity index (χ3v) is 3.94. The molecule has 1 aromatic carbocycles. The number of aliphatic carboxylic acids is 1. The lowest BCUT2D eigenvalue weighted by Crippen LogP contribution is -2.40. The van der Waals surface area contributed by atoms with Gasteiger partial charge in [0.2, 0.25) is 0 Å². The number of carboxylic acid groups (broad SMARTS) is 1. The van der Waals surface area contributed by atoms with Crippen molar-refractivity contribution >= 4 is 12.0 Å². The van der Waals surface area contributed by atoms with Crippen molar-refractivity contribution < 1.29 is 24.2 Å². The molecule has 0 spiro atoms. The Morgan fingerprint density at radius 2 is 1.92 bits per heavy atom. The molecular weight excluding hydrogens is 336 g/mol. The van der Waals surface area contributed by atoms with Crippen molar-refractivity contribution in [2.45, 2.75) is 33.7 Å². The van der Waals surface area contributed by atoms with Crippen LogP contribution in [0.5, 0.6) is 11.5 Å². The molecule has 7 nitrogen and oxygen atoms in total. The molecule has 26 heavy (non-hydrogen) atoms. The summed E-state index contributed by atoms with van der Waals surface area (Å²) in [7, 11) is 3.15. The maximum atomic E-state index is 12.1. The van der Waals surface area contributed by atoms with Gasteiger partial charge in [0, 0.05) is 20.1 Å². The van der Waals surface area contributed by atoms with E-state index in [9.17, 15) is 9.59 Å². The molecule has 0 saturated carbocycles. The summed E-state index contributed by atoms with van der Waals surface area (Å²) in [6, 6.07) is 5.20. The summed E-state index contributed by atoms with van der Waals surface area (Å²) >= 11 is 0. The number of hydrogen-bond donors (Lipinski definition) is 2. The Labute approximate surface area is 155 Å². The van der Waals surface area contributed by atoms with Crippen molar-refractivity contribution in [1.82, 2.24) is 10.2 Å². The lowest BCUT2D eigenvalue weighted by molar-refractivity contribution is -0.141. The van der Waals surface area contributed by atoms with E-state index in [-0.39, 0.29) is 12.6 Å². The molecule has 2 N–H and O–H groups in total. The Morgan fingerprint density at radius 3 is 2.50 bits per heavy atom. The zero-order valence-electron chi connectivity index (χ0n) is 16.2. The minimum absolute atomic E-state index is 0.146. The highest BCUT2D eigenvalue weighted by molar-refractivity contribution is 5.75. The minimum Gasteiger partial charge on any atom is -0.493 e. The number of carbonyl (C=O) groups is 2. The topological polar surface area (TPSA) is 88.1 Å². The summed E-state index contributed by atoms with van der Waals surface area (Å²) in [5.74, 6) is 0.316. The Balaban J connectivity index is 2.59. The fourth-order valence-electron chi connectivity index (χ4n) is 2.23. The van der Waals surface area contributed by atoms with E-state index in [1.807, 2.05) is 18.2 Å². The van der Waals surface area contributed by atoms with E-state index in [1.165, 1.54) is 4.90 Å². The zero-order chi connectivity index (χ0) is 19.7. The first-order chi connectivity index (χ1) is 12.2. The van der Waals surface area contributed by atoms with Gasteiger partial charge in [-0.3, -0.25) is 4.79 Å². The SMILES string of the molecule is COc1cc(CNC(=O)N(C)CC(C)C(=O)O)ccc1OCCC(C)C. The molecule has 0 saturated heterocycles. The molecule has 1 rings (SSSR count). The Morgan fingerprint density at radius 1 is 1.23 bits per heavy atom. The predicted molar refractivity (Wildman–Crippen MR) is 99.6 cm³/mol. The molecule has 1 aromatic rings. The van der Waals surface area contributed by atoms with Gasteiger partial charge in [0.05, 0.1) is 19.6 Å². The van der Waals surface area contributed by atoms with E-state index < -0.39 is 11.9 Å². The molecule has 0 aromatic heterocycles. The smallest absolute Gasteiger partial charge is 0.317 e. The van der Waals surface area contributed by atoms with Crippen LogP contribution in [0.15, 0.2) is 18.2 Å². The van der Waals surface area contributed by atoms with E-state index in [0.29, 0.717) is 30.6 Å². The molecule has 0 aliphatic heterocycles. The van der Waals surface area contributed by atoms with Gasteiger partial charge in [0.15, 0.2) is 11.5 Å². The van der Waals surface area contributed by atoms with Gasteiger partial charge in [-0.2, -0.15) is 0 Å². The van der Waals surface area contributed by atoms with Crippen LogP contribution in [0.3, 0.4) is 0 Å². The highest BCUT2D eigenvalue weighted by atomic mass is 16.5. The number of nitrogens with zero attached hydrogens (tertiary/aromatic N) is 1. The first-order valence-electron chi connectivity index (χ1n) is 8.76. The number of urea groups is 1. The molecule has 1 atom stereocenters. The number of carbonyl (C=O) groups excluding carboxylic acids is 1. The molecule has 0 aliphatic rings. The van der Waals surface area contributed by atoms with Crippen molar-refractivity contribution in [2.75, 3.05) is 27.3 Å². The maximum Gasteiger partial charge on any atom is 0.317 e. The van der Waals surface area contributed by atoms with Gasteiger partial charge in [0.1, 0.15) is 0 Å². The molecule has 0 bridgehead atoms. The van der Waals surface area contributed by atoms with Crippen molar-refractivity contribution in [3.63, 3.8) is 0 Å². The molecule has 0 fully saturated rings. The quantitative estimate of drug-likeness (QED) is 0.665. The second-order valence-corrected chi connectivity index (χ2v) is 6.79. The van der Waals surface area contributed by atoms with Crippen LogP contribution in [0.25, 0.3) is 0 Å². The minimum atomic E-state index is -0.928. The van der Waals surface area contributed by atoms with E-state index in [4.69, 9.17) is 14.6 Å². The summed E-state index contributed by atoms with van der Waals surface area (Å²) in [6.07, 6.45) is 0.960. The normalized spacial score (nSPS) is 11.8. The molecule has 0 heterocycles. The zero-order valence-corrected chi connectivity index (χ0v) is 16.2. The van der Waals surface area contributed by atoms with E-state index in [0.717, 1.165) is 12.0 Å². The van der Waals surface area contributed by atoms with Crippen molar-refractivity contribution in [3.05, 3.63) is 23.8 Å². The largest absolute Gasteiger partial charge is 0.493 e. The van der Waals surface area contributed by atoms with Gasteiger partial charge in [-0.1, -0.05) is 26.8 Å². The number of hydrogen-bond acceptors (Lipinski definition) is 4. The fraction of sp³-hybridized carbons (Fsp3) is 0.579. The number of ether oxygens (including phenoxy) is 2. The molecule has 146 valence electrons. The predicted octanol–water partition coefficient (Wildman–Crippen LogP) is 2.98. The van der Waals surface area contributed by atoms with Gasteiger partial charge in [0.25, 0.3) is 0 Å². The second-order valence-electron chi connectivity index (χ2n) is 6.79. The van der Waals surface area contributed by atoms with E-state index in [2.05, 4.69) is 19.2 Å². The summed E-state index contributed by atoms with van der Waals surface area (Å²) in [5, 5.41) is 11.7. The third-order valence-electron chi connectivity index (χ3n) is 3.94. The van der Waals surface area contributed by atoms with Gasteiger partial charge < -0.3 is 24.8 Å². The molecule has 0 aliphatic carbocycles. The first kappa shape index (κ1) is 21.6. The van der Waals surface area contributed by atoms with E-state index >= 15 is 0 Å². The van der Waals surface area contributed by atoms with Gasteiger partial charge in [-0.05, 0) is 30.0 Å². The van der Waals surface area contributed by atoms with Crippen molar-refractivity contribution in [1.29, 1.82) is 0 Å². The van der Waals surface area contributed by atoms with Gasteiger partial charge >= 0.3 is 12.0 Å². The number of benzene rings is 1. The van der Waals surface area contributed by atoms with Crippen molar-refractivity contribution in [3.8, 4) is 11.5 Å². The van der Waals surface area contributed by atoms with E-state index in [1.54, 1.807) is 21.1 Å². The number of methoxy groups -OCH3 is 1. The standard InChI is InChI=1S/C19H30N2O5/c1-13(2)8-9-26-16-7-6-15(10-17(16)25-5)11-20-19(24)21(4)12-14(3)18(22)23/h6-7,10,13-14H,8-9,11-12H2,1-5H3,(H,20,24)(H,22,23). The Bertz CT molecular complexity index is 604. The lowest BCUT2D eigenvalue weighted by atomic mass is 10.1. The molecule has 7 heteroatoms. The highest BCUT2D eigenvalue weighted by Gasteiger charge is 2.17. The third kappa shape index (κ3) is 7.21. The van der Waals surface area contributed by atoms with Crippen LogP contribution in [0.4, 0.5) is 4.79 Å². The second kappa shape index (κ2) is 10.5. The summed E-state index contributed by atoms with van der Waals surface area (Å²) in [4.78, 5) is 24.3. The van der Waals surface area contributed by atoms with Crippen molar-refractivity contribution in [2.24, 2.45) is 11.8 Å². The molecule has 2 amide bonds. The fourth-order valence-corrected chi connectivity index (χ4v) is 2.23. The average molecular weight is 366 g/mol. The number of nitrogens with one attached hydrogen (secondary N) is 1. The highest BCUT2D eigenvalue weighted by Crippen LogP contribution is 2.28. The Hall–Kier alpha value is -2.44. The van der Waals surface area contributed by atoms with Gasteiger partial charge in [-0.15, -0.1) is 0 Å². The van der Waals surface area contributed by atoms with Crippen LogP contribution in [0, 0.1) is 11.8 Å². The van der Waals surface area contributed by atoms with Crippen LogP contribution in [0.1, 0.15) is 32.8 Å². The number of carboxylic acids is 1. The Kier molecular flexibility index (Phi) is 8.75. The molecule has 0 radical (unpaired) electrons. The molecular formula is C19H30N2O5. The molecule has 1 unspecified atom stereocenters. The van der Waals surface area contributed by atoms with Crippen LogP contribution < -0.4 is 14.8 Å². The average Bonchev–Trinajstić information content (AvgIpc) is 2.59. The van der Waals surface area contributed by atoms with Crippen LogP contribution in [-0.2, 0) is 11.3 Å². The monoisotopic (exact) mass is 366 g/mol. The van der Waals surface area contributed by atoms with Crippen LogP contribution in [-0.4, -0.2) is 49.3 Å². The van der Waals surface area contributed by atoms with Gasteiger partial charge in [-0.25, -0.2) is 4.79 Å².